The van der Waals surface area contributed by atoms with Crippen LogP contribution in [0.25, 0.3) is 5.57 Å². The molecule has 1 fully saturated rings. The van der Waals surface area contributed by atoms with Crippen LogP contribution in [-0.4, -0.2) is 81.7 Å². The fraction of sp³-hybridized carbons (Fsp3) is 0.333. The van der Waals surface area contributed by atoms with Gasteiger partial charge in [-0.25, -0.2) is 13.2 Å². The van der Waals surface area contributed by atoms with Crippen LogP contribution in [-0.2, 0) is 52.5 Å². The fourth-order valence-electron chi connectivity index (χ4n) is 9.46. The molecule has 0 spiro atoms. The minimum Gasteiger partial charge on any atom is -0.748 e. The summed E-state index contributed by atoms with van der Waals surface area (Å²) in [5.74, 6) is -0.222. The number of amides is 2. The first-order chi connectivity index (χ1) is 38.6. The van der Waals surface area contributed by atoms with Crippen molar-refractivity contribution in [2.45, 2.75) is 105 Å². The van der Waals surface area contributed by atoms with Crippen LogP contribution in [0.1, 0.15) is 126 Å². The molecule has 2 amide bonds. The maximum atomic E-state index is 12.2. The molecule has 0 aliphatic carbocycles. The van der Waals surface area contributed by atoms with E-state index in [1.54, 1.807) is 23.5 Å². The van der Waals surface area contributed by atoms with E-state index in [-0.39, 0.29) is 70.4 Å². The van der Waals surface area contributed by atoms with Gasteiger partial charge >= 0.3 is 24.8 Å². The zero-order chi connectivity index (χ0) is 57.1. The maximum Gasteiger partial charge on any atom is 1.00 e. The summed E-state index contributed by atoms with van der Waals surface area (Å²) >= 11 is 10.7. The number of rotatable bonds is 23. The number of hydroxylamine groups is 2. The number of imide groups is 1. The standard InChI is InChI=1S/C35H38N2O7S3.C24H23NO3S3.C2H6.2CH4.Li/c38-31-20-21-32(39)37(31)44-33(40)19-5-2-10-22-45-35(46-23-11-12-24-47(41,42)43)34-27-15-6-8-17-29(27)36(25-26-13-3-1-4-14-26)30-18-9-7-16-28(30)34;26-31(27,28)16-8-15-30-24(29)23-19-11-4-6-13-21(19)25(17-18-9-2-1-3-10-18)22-14-7-5-12-20(22)23;1-2;;;/h1,3-4,6-9,13-18H,2,5,10-12,19-25H2,(H,41,42,43);1-7,9-14,23H,8,15-17H2,(H,26,27,28);1-2H3;2*1H4;/q;;;;;+1/p-1. The molecule has 3 heterocycles. The molecule has 438 valence electrons. The molecule has 0 atom stereocenters. The smallest absolute Gasteiger partial charge is 0.748 e. The Morgan fingerprint density at radius 1 is 0.578 bits per heavy atom. The Morgan fingerprint density at radius 2 is 1.00 bits per heavy atom. The molecule has 83 heavy (non-hydrogen) atoms. The van der Waals surface area contributed by atoms with E-state index >= 15 is 0 Å². The van der Waals surface area contributed by atoms with Crippen LogP contribution >= 0.6 is 47.5 Å². The van der Waals surface area contributed by atoms with Gasteiger partial charge in [-0.15, -0.1) is 40.3 Å². The number of nitrogens with zero attached hydrogens (tertiary/aromatic N) is 3. The number of anilines is 4. The molecule has 3 aliphatic heterocycles. The van der Waals surface area contributed by atoms with Crippen molar-refractivity contribution in [1.29, 1.82) is 0 Å². The van der Waals surface area contributed by atoms with Gasteiger partial charge in [0.2, 0.25) is 0 Å². The number of fused-ring (bicyclic) bond motifs is 4. The minimum atomic E-state index is -4.19. The van der Waals surface area contributed by atoms with Crippen molar-refractivity contribution < 1.29 is 64.0 Å². The van der Waals surface area contributed by atoms with Crippen LogP contribution in [0.4, 0.5) is 22.7 Å². The SMILES string of the molecule is C.C.CC.O=C(CCCCCSC(SCCCCS(=O)(=O)O)=C1c2ccccc2N(Cc2ccccc2)c2ccccc21)ON1C(=O)CCC1=O.O=S(=O)([O-])CCCSC(=S)C1c2ccccc2N(Cc2ccccc2)c2ccccc21.[Li+]. The van der Waals surface area contributed by atoms with E-state index < -0.39 is 38.0 Å². The third-order valence-corrected chi connectivity index (χ3v) is 18.9. The molecular weight excluding hydrogens is 1160 g/mol. The van der Waals surface area contributed by atoms with E-state index in [4.69, 9.17) is 17.1 Å². The van der Waals surface area contributed by atoms with Crippen molar-refractivity contribution in [3.05, 3.63) is 195 Å². The Morgan fingerprint density at radius 3 is 1.48 bits per heavy atom. The molecule has 0 aromatic heterocycles. The number of thiocarbonyl (C=S) groups is 1. The Hall–Kier alpha value is -5.17. The number of carbonyl (C=O) groups is 3. The van der Waals surface area contributed by atoms with Gasteiger partial charge in [0.15, 0.2) is 0 Å². The van der Waals surface area contributed by atoms with Crippen LogP contribution < -0.4 is 28.7 Å². The van der Waals surface area contributed by atoms with Gasteiger partial charge in [0.25, 0.3) is 21.9 Å². The molecule has 6 aromatic rings. The Kier molecular flexibility index (Phi) is 29.4. The average Bonchev–Trinajstić information content (AvgIpc) is 3.98. The number of hydrogen-bond acceptors (Lipinski definition) is 15. The maximum absolute atomic E-state index is 12.2. The van der Waals surface area contributed by atoms with Gasteiger partial charge in [-0.1, -0.05) is 181 Å². The molecule has 1 saturated heterocycles. The zero-order valence-electron chi connectivity index (χ0n) is 45.8. The van der Waals surface area contributed by atoms with Gasteiger partial charge in [-0.3, -0.25) is 14.1 Å². The summed E-state index contributed by atoms with van der Waals surface area (Å²) in [7, 11) is -8.19. The van der Waals surface area contributed by atoms with E-state index in [2.05, 4.69) is 107 Å². The van der Waals surface area contributed by atoms with Gasteiger partial charge in [-0.2, -0.15) is 8.42 Å². The van der Waals surface area contributed by atoms with Gasteiger partial charge in [0.05, 0.1) is 26.0 Å². The summed E-state index contributed by atoms with van der Waals surface area (Å²) in [5, 5.41) is 0.588. The van der Waals surface area contributed by atoms with E-state index in [9.17, 15) is 40.3 Å². The van der Waals surface area contributed by atoms with E-state index in [0.717, 1.165) is 90.7 Å². The van der Waals surface area contributed by atoms with Crippen LogP contribution in [0, 0.1) is 0 Å². The predicted molar refractivity (Wildman–Crippen MR) is 343 cm³/mol. The molecule has 9 rings (SSSR count). The number of unbranched alkanes of at least 4 members (excludes halogenated alkanes) is 3. The van der Waals surface area contributed by atoms with Crippen LogP contribution in [0.2, 0.25) is 0 Å². The van der Waals surface area contributed by atoms with Crippen LogP contribution in [0.3, 0.4) is 0 Å². The van der Waals surface area contributed by atoms with E-state index in [1.807, 2.05) is 74.5 Å². The molecule has 0 saturated carbocycles. The third-order valence-electron chi connectivity index (χ3n) is 13.1. The molecule has 20 heteroatoms. The summed E-state index contributed by atoms with van der Waals surface area (Å²) in [6.45, 7) is 5.47. The second-order valence-electron chi connectivity index (χ2n) is 18.7. The number of hydrogen-bond donors (Lipinski definition) is 1. The van der Waals surface area contributed by atoms with Crippen LogP contribution in [0.5, 0.6) is 0 Å². The topological polar surface area (TPSA) is 182 Å². The van der Waals surface area contributed by atoms with E-state index in [1.165, 1.54) is 22.9 Å². The molecule has 3 aliphatic rings. The van der Waals surface area contributed by atoms with Gasteiger partial charge in [0.1, 0.15) is 0 Å². The predicted octanol–water partition coefficient (Wildman–Crippen LogP) is 12.1. The number of carbonyl (C=O) groups excluding carboxylic acids is 3. The molecule has 0 bridgehead atoms. The first-order valence-electron chi connectivity index (χ1n) is 26.8. The summed E-state index contributed by atoms with van der Waals surface area (Å²) in [6.07, 6.45) is 3.75. The second kappa shape index (κ2) is 34.7. The van der Waals surface area contributed by atoms with Crippen molar-refractivity contribution in [2.75, 3.05) is 38.6 Å². The van der Waals surface area contributed by atoms with Crippen molar-refractivity contribution in [3.8, 4) is 0 Å². The molecule has 0 unspecified atom stereocenters. The van der Waals surface area contributed by atoms with Gasteiger partial charge in [0, 0.05) is 81.8 Å². The molecule has 0 radical (unpaired) electrons. The summed E-state index contributed by atoms with van der Waals surface area (Å²) in [5.41, 5.74) is 12.6. The summed E-state index contributed by atoms with van der Waals surface area (Å²) in [4.78, 5) is 45.3. The molecule has 1 N–H and O–H groups in total. The Balaban J connectivity index is 0.000000358. The average molecular weight is 1230 g/mol. The normalized spacial score (nSPS) is 13.2. The minimum absolute atomic E-state index is 0. The third kappa shape index (κ3) is 20.2. The molecular formula is C63H74LiN3O10S6. The molecule has 13 nitrogen and oxygen atoms in total. The number of benzene rings is 6. The van der Waals surface area contributed by atoms with Crippen molar-refractivity contribution in [3.63, 3.8) is 0 Å². The summed E-state index contributed by atoms with van der Waals surface area (Å²) < 4.78 is 66.3. The molecule has 6 aromatic carbocycles. The van der Waals surface area contributed by atoms with Gasteiger partial charge in [-0.05, 0) is 95.9 Å². The largest absolute Gasteiger partial charge is 1.00 e. The first-order valence-corrected chi connectivity index (χ1v) is 33.3. The van der Waals surface area contributed by atoms with Crippen molar-refractivity contribution in [1.82, 2.24) is 5.06 Å². The zero-order valence-corrected chi connectivity index (χ0v) is 50.7. The number of para-hydroxylation sites is 4. The van der Waals surface area contributed by atoms with Gasteiger partial charge < -0.3 is 19.2 Å². The van der Waals surface area contributed by atoms with E-state index in [0.29, 0.717) is 42.3 Å². The second-order valence-corrected chi connectivity index (χ2v) is 26.1. The Labute approximate surface area is 522 Å². The van der Waals surface area contributed by atoms with Crippen molar-refractivity contribution in [2.24, 2.45) is 0 Å². The van der Waals surface area contributed by atoms with Crippen LogP contribution in [0.15, 0.2) is 162 Å². The summed E-state index contributed by atoms with van der Waals surface area (Å²) in [6, 6.07) is 54.2. The quantitative estimate of drug-likeness (QED) is 0.0210. The monoisotopic (exact) mass is 1230 g/mol. The van der Waals surface area contributed by atoms with Crippen molar-refractivity contribution >= 4 is 118 Å². The fourth-order valence-corrected chi connectivity index (χ4v) is 14.8. The number of thioether (sulfide) groups is 3. The first kappa shape index (κ1) is 70.3. The Bertz CT molecular complexity index is 3240.